The van der Waals surface area contributed by atoms with Crippen LogP contribution in [-0.2, 0) is 9.53 Å². The zero-order chi connectivity index (χ0) is 16.3. The molecule has 0 bridgehead atoms. The lowest BCUT2D eigenvalue weighted by molar-refractivity contribution is -0.929. The molecule has 0 aliphatic carbocycles. The lowest BCUT2D eigenvalue weighted by atomic mass is 10.1. The van der Waals surface area contributed by atoms with Gasteiger partial charge in [-0.05, 0) is 32.9 Å². The summed E-state index contributed by atoms with van der Waals surface area (Å²) in [7, 11) is 0. The number of hydrogen-bond donors (Lipinski definition) is 1. The topological polar surface area (TPSA) is 87.2 Å². The zero-order valence-corrected chi connectivity index (χ0v) is 13.1. The number of carbonyl (C=O) groups is 2. The van der Waals surface area contributed by atoms with Gasteiger partial charge in [0.25, 0.3) is 0 Å². The maximum Gasteiger partial charge on any atom is 0.410 e. The predicted molar refractivity (Wildman–Crippen MR) is 75.0 cm³/mol. The highest BCUT2D eigenvalue weighted by atomic mass is 16.6. The molecule has 0 unspecified atom stereocenters. The van der Waals surface area contributed by atoms with Crippen LogP contribution < -0.4 is 10.0 Å². The number of ether oxygens (including phenoxy) is 1. The molecule has 7 heteroatoms. The average molecular weight is 310 g/mol. The van der Waals surface area contributed by atoms with Crippen LogP contribution in [0, 0.1) is 0 Å². The highest BCUT2D eigenvalue weighted by molar-refractivity contribution is 5.71. The second-order valence-corrected chi connectivity index (χ2v) is 6.39. The van der Waals surface area contributed by atoms with Gasteiger partial charge in [0.05, 0.1) is 32.4 Å². The minimum atomic E-state index is -1.17. The normalized spacial score (nSPS) is 18.0. The summed E-state index contributed by atoms with van der Waals surface area (Å²) in [6.45, 7) is 7.32. The van der Waals surface area contributed by atoms with E-state index in [2.05, 4.69) is 0 Å². The lowest BCUT2D eigenvalue weighted by Crippen LogP contribution is -3.16. The van der Waals surface area contributed by atoms with Crippen LogP contribution in [0.15, 0.2) is 22.8 Å². The minimum absolute atomic E-state index is 0.366. The van der Waals surface area contributed by atoms with Crippen LogP contribution in [-0.4, -0.2) is 48.7 Å². The standard InChI is InChI=1S/C15H22N2O5/c1-15(2,3)22-14(20)17-8-6-16(7-9-17)12(13(18)19)11-5-4-10-21-11/h4-5,10,12H,6-9H2,1-3H3,(H,18,19)/t12-/m1/s1. The molecule has 0 saturated carbocycles. The van der Waals surface area contributed by atoms with Crippen molar-refractivity contribution in [2.75, 3.05) is 26.2 Å². The summed E-state index contributed by atoms with van der Waals surface area (Å²) in [5.41, 5.74) is -0.539. The number of hydrogen-bond acceptors (Lipinski definition) is 5. The maximum atomic E-state index is 12.0. The number of rotatable bonds is 3. The van der Waals surface area contributed by atoms with Gasteiger partial charge in [-0.15, -0.1) is 0 Å². The number of aliphatic carboxylic acids is 1. The van der Waals surface area contributed by atoms with E-state index in [4.69, 9.17) is 9.15 Å². The van der Waals surface area contributed by atoms with Gasteiger partial charge in [0.15, 0.2) is 11.8 Å². The summed E-state index contributed by atoms with van der Waals surface area (Å²) in [6, 6.07) is 2.44. The molecule has 2 rings (SSSR count). The van der Waals surface area contributed by atoms with E-state index >= 15 is 0 Å². The van der Waals surface area contributed by atoms with Gasteiger partial charge in [-0.25, -0.2) is 4.79 Å². The zero-order valence-electron chi connectivity index (χ0n) is 13.1. The van der Waals surface area contributed by atoms with Gasteiger partial charge in [0.1, 0.15) is 11.6 Å². The Hall–Kier alpha value is -2.02. The van der Waals surface area contributed by atoms with Crippen molar-refractivity contribution in [2.45, 2.75) is 32.4 Å². The Morgan fingerprint density at radius 2 is 2.00 bits per heavy atom. The van der Waals surface area contributed by atoms with Crippen molar-refractivity contribution in [1.82, 2.24) is 4.90 Å². The van der Waals surface area contributed by atoms with Crippen LogP contribution in [0.1, 0.15) is 32.6 Å². The predicted octanol–water partition coefficient (Wildman–Crippen LogP) is -0.794. The Balaban J connectivity index is 1.96. The first-order valence-electron chi connectivity index (χ1n) is 7.34. The van der Waals surface area contributed by atoms with Crippen molar-refractivity contribution >= 4 is 12.1 Å². The number of quaternary nitrogens is 1. The molecule has 1 aliphatic heterocycles. The molecule has 1 atom stereocenters. The fourth-order valence-electron chi connectivity index (χ4n) is 2.53. The third kappa shape index (κ3) is 4.00. The van der Waals surface area contributed by atoms with Gasteiger partial charge in [-0.3, -0.25) is 4.90 Å². The van der Waals surface area contributed by atoms with Crippen molar-refractivity contribution in [3.8, 4) is 0 Å². The van der Waals surface area contributed by atoms with E-state index in [1.54, 1.807) is 17.0 Å². The van der Waals surface area contributed by atoms with Gasteiger partial charge in [0, 0.05) is 0 Å². The lowest BCUT2D eigenvalue weighted by Gasteiger charge is -2.36. The summed E-state index contributed by atoms with van der Waals surface area (Å²) in [6.07, 6.45) is 1.08. The number of piperazine rings is 1. The smallest absolute Gasteiger partial charge is 0.410 e. The highest BCUT2D eigenvalue weighted by Crippen LogP contribution is 2.12. The largest absolute Gasteiger partial charge is 0.544 e. The Kier molecular flexibility index (Phi) is 4.75. The van der Waals surface area contributed by atoms with Crippen molar-refractivity contribution in [2.24, 2.45) is 0 Å². The second-order valence-electron chi connectivity index (χ2n) is 6.39. The van der Waals surface area contributed by atoms with Crippen molar-refractivity contribution < 1.29 is 28.7 Å². The van der Waals surface area contributed by atoms with Gasteiger partial charge >= 0.3 is 6.09 Å². The summed E-state index contributed by atoms with van der Waals surface area (Å²) < 4.78 is 10.5. The highest BCUT2D eigenvalue weighted by Gasteiger charge is 2.34. The SMILES string of the molecule is CC(C)(C)OC(=O)N1CC[NH+]([C@@H](C(=O)[O-])c2ccco2)CC1. The third-order valence-corrected chi connectivity index (χ3v) is 3.53. The average Bonchev–Trinajstić information content (AvgIpc) is 2.91. The number of furan rings is 1. The number of carboxylic acids is 1. The first kappa shape index (κ1) is 16.4. The molecule has 1 amide bonds. The first-order chi connectivity index (χ1) is 10.3. The van der Waals surface area contributed by atoms with Crippen LogP contribution in [0.3, 0.4) is 0 Å². The van der Waals surface area contributed by atoms with Crippen LogP contribution >= 0.6 is 0 Å². The molecule has 0 spiro atoms. The molecule has 1 aliphatic rings. The molecule has 2 heterocycles. The fraction of sp³-hybridized carbons (Fsp3) is 0.600. The van der Waals surface area contributed by atoms with Gasteiger partial charge in [-0.1, -0.05) is 0 Å². The molecule has 1 N–H and O–H groups in total. The molecular formula is C15H22N2O5. The number of carbonyl (C=O) groups excluding carboxylic acids is 2. The van der Waals surface area contributed by atoms with Crippen LogP contribution in [0.25, 0.3) is 0 Å². The van der Waals surface area contributed by atoms with Gasteiger partial charge in [-0.2, -0.15) is 0 Å². The second kappa shape index (κ2) is 6.39. The molecule has 22 heavy (non-hydrogen) atoms. The van der Waals surface area contributed by atoms with Gasteiger partial charge in [0.2, 0.25) is 0 Å². The molecule has 122 valence electrons. The van der Waals surface area contributed by atoms with Crippen LogP contribution in [0.2, 0.25) is 0 Å². The quantitative estimate of drug-likeness (QED) is 0.790. The van der Waals surface area contributed by atoms with E-state index in [-0.39, 0.29) is 6.09 Å². The summed E-state index contributed by atoms with van der Waals surface area (Å²) in [4.78, 5) is 25.8. The van der Waals surface area contributed by atoms with E-state index in [1.165, 1.54) is 6.26 Å². The number of carboxylic acid groups (broad SMARTS) is 1. The minimum Gasteiger partial charge on any atom is -0.544 e. The molecule has 1 aromatic rings. The molecule has 1 saturated heterocycles. The van der Waals surface area contributed by atoms with Crippen LogP contribution in [0.4, 0.5) is 4.79 Å². The summed E-state index contributed by atoms with van der Waals surface area (Å²) >= 11 is 0. The van der Waals surface area contributed by atoms with Crippen molar-refractivity contribution in [1.29, 1.82) is 0 Å². The summed E-state index contributed by atoms with van der Waals surface area (Å²) in [5.74, 6) is -0.795. The molecule has 0 aromatic carbocycles. The Morgan fingerprint density at radius 1 is 1.36 bits per heavy atom. The maximum absolute atomic E-state index is 12.0. The molecule has 7 nitrogen and oxygen atoms in total. The first-order valence-corrected chi connectivity index (χ1v) is 7.34. The van der Waals surface area contributed by atoms with Crippen molar-refractivity contribution in [3.63, 3.8) is 0 Å². The van der Waals surface area contributed by atoms with E-state index in [9.17, 15) is 14.7 Å². The molecule has 1 fully saturated rings. The molecule has 1 aromatic heterocycles. The van der Waals surface area contributed by atoms with Gasteiger partial charge < -0.3 is 24.0 Å². The number of amides is 1. The number of nitrogens with one attached hydrogen (secondary N) is 1. The van der Waals surface area contributed by atoms with E-state index in [0.29, 0.717) is 31.9 Å². The molecular weight excluding hydrogens is 288 g/mol. The van der Waals surface area contributed by atoms with E-state index in [0.717, 1.165) is 4.90 Å². The third-order valence-electron chi connectivity index (χ3n) is 3.53. The Bertz CT molecular complexity index is 513. The van der Waals surface area contributed by atoms with E-state index < -0.39 is 17.6 Å². The Morgan fingerprint density at radius 3 is 2.45 bits per heavy atom. The fourth-order valence-corrected chi connectivity index (χ4v) is 2.53. The monoisotopic (exact) mass is 310 g/mol. The Labute approximate surface area is 129 Å². The van der Waals surface area contributed by atoms with E-state index in [1.807, 2.05) is 20.8 Å². The summed E-state index contributed by atoms with van der Waals surface area (Å²) in [5, 5.41) is 11.4. The number of nitrogens with zero attached hydrogens (tertiary/aromatic N) is 1. The van der Waals surface area contributed by atoms with Crippen LogP contribution in [0.5, 0.6) is 0 Å². The van der Waals surface area contributed by atoms with Crippen molar-refractivity contribution in [3.05, 3.63) is 24.2 Å². The molecule has 0 radical (unpaired) electrons.